The molecule has 1 heterocycles. The summed E-state index contributed by atoms with van der Waals surface area (Å²) in [5.41, 5.74) is 4.62. The lowest BCUT2D eigenvalue weighted by Gasteiger charge is -2.12. The van der Waals surface area contributed by atoms with E-state index < -0.39 is 0 Å². The van der Waals surface area contributed by atoms with Crippen LogP contribution in [0.1, 0.15) is 28.7 Å². The third-order valence-corrected chi connectivity index (χ3v) is 3.78. The first-order valence-electron chi connectivity index (χ1n) is 7.49. The van der Waals surface area contributed by atoms with Crippen molar-refractivity contribution in [2.45, 2.75) is 20.3 Å². The minimum absolute atomic E-state index is 0.286. The Balaban J connectivity index is 1.97. The van der Waals surface area contributed by atoms with Crippen LogP contribution in [0.25, 0.3) is 10.9 Å². The molecule has 1 aromatic heterocycles. The van der Waals surface area contributed by atoms with Crippen LogP contribution in [0.3, 0.4) is 0 Å². The van der Waals surface area contributed by atoms with Gasteiger partial charge >= 0.3 is 0 Å². The average molecular weight is 307 g/mol. The molecule has 116 valence electrons. The number of nitrogens with one attached hydrogen (secondary N) is 1. The Hall–Kier alpha value is -2.95. The van der Waals surface area contributed by atoms with E-state index in [2.05, 4.69) is 17.3 Å². The number of benzene rings is 2. The second-order valence-electron chi connectivity index (χ2n) is 5.31. The zero-order chi connectivity index (χ0) is 16.4. The number of amides is 1. The van der Waals surface area contributed by atoms with Gasteiger partial charge in [-0.15, -0.1) is 0 Å². The summed E-state index contributed by atoms with van der Waals surface area (Å²) in [6.07, 6.45) is 0.912. The number of aryl methyl sites for hydroxylation is 2. The summed E-state index contributed by atoms with van der Waals surface area (Å²) in [5.74, 6) is 0.0992. The van der Waals surface area contributed by atoms with E-state index in [4.69, 9.17) is 0 Å². The van der Waals surface area contributed by atoms with Gasteiger partial charge in [0.15, 0.2) is 0 Å². The smallest absolute Gasteiger partial charge is 0.267 e. The maximum atomic E-state index is 12.5. The summed E-state index contributed by atoms with van der Waals surface area (Å²) in [6.45, 7) is 3.74. The molecular weight excluding hydrogens is 290 g/mol. The van der Waals surface area contributed by atoms with Crippen molar-refractivity contribution in [1.82, 2.24) is 9.66 Å². The Bertz CT molecular complexity index is 927. The summed E-state index contributed by atoms with van der Waals surface area (Å²) in [4.78, 5) is 29.2. The van der Waals surface area contributed by atoms with Crippen LogP contribution in [0.15, 0.2) is 53.3 Å². The fraction of sp³-hybridized carbons (Fsp3) is 0.167. The molecule has 1 N–H and O–H groups in total. The summed E-state index contributed by atoms with van der Waals surface area (Å²) in [7, 11) is 0. The Labute approximate surface area is 133 Å². The van der Waals surface area contributed by atoms with E-state index in [9.17, 15) is 9.59 Å². The molecule has 0 bridgehead atoms. The van der Waals surface area contributed by atoms with Crippen LogP contribution < -0.4 is 11.0 Å². The second-order valence-corrected chi connectivity index (χ2v) is 5.31. The molecule has 3 aromatic rings. The van der Waals surface area contributed by atoms with Crippen LogP contribution in [0, 0.1) is 6.92 Å². The van der Waals surface area contributed by atoms with Gasteiger partial charge in [-0.25, -0.2) is 9.66 Å². The molecule has 0 aliphatic carbocycles. The van der Waals surface area contributed by atoms with Gasteiger partial charge in [-0.1, -0.05) is 31.2 Å². The Morgan fingerprint density at radius 2 is 1.83 bits per heavy atom. The number of aromatic nitrogens is 2. The van der Waals surface area contributed by atoms with E-state index in [0.29, 0.717) is 22.3 Å². The quantitative estimate of drug-likeness (QED) is 0.809. The predicted octanol–water partition coefficient (Wildman–Crippen LogP) is 2.65. The Kier molecular flexibility index (Phi) is 3.93. The molecule has 5 heteroatoms. The first kappa shape index (κ1) is 15.0. The molecule has 2 aromatic carbocycles. The van der Waals surface area contributed by atoms with Gasteiger partial charge in [0.2, 0.25) is 0 Å². The number of fused-ring (bicyclic) bond motifs is 1. The normalized spacial score (nSPS) is 10.7. The van der Waals surface area contributed by atoms with E-state index in [1.807, 2.05) is 18.2 Å². The lowest BCUT2D eigenvalue weighted by Crippen LogP contribution is -2.35. The zero-order valence-electron chi connectivity index (χ0n) is 13.0. The maximum Gasteiger partial charge on any atom is 0.280 e. The first-order valence-corrected chi connectivity index (χ1v) is 7.49. The highest BCUT2D eigenvalue weighted by molar-refractivity contribution is 6.00. The van der Waals surface area contributed by atoms with Gasteiger partial charge in [0.1, 0.15) is 5.82 Å². The molecule has 3 rings (SSSR count). The molecule has 0 radical (unpaired) electrons. The van der Waals surface area contributed by atoms with Crippen molar-refractivity contribution in [2.75, 3.05) is 5.43 Å². The lowest BCUT2D eigenvalue weighted by atomic mass is 10.1. The summed E-state index contributed by atoms with van der Waals surface area (Å²) in [6, 6.07) is 14.4. The number of hydrogen-bond acceptors (Lipinski definition) is 3. The van der Waals surface area contributed by atoms with Crippen molar-refractivity contribution in [2.24, 2.45) is 0 Å². The molecule has 0 unspecified atom stereocenters. The lowest BCUT2D eigenvalue weighted by molar-refractivity contribution is 0.101. The minimum atomic E-state index is -0.338. The van der Waals surface area contributed by atoms with E-state index >= 15 is 0 Å². The topological polar surface area (TPSA) is 64.0 Å². The van der Waals surface area contributed by atoms with Gasteiger partial charge in [0.05, 0.1) is 10.9 Å². The molecule has 0 aliphatic heterocycles. The van der Waals surface area contributed by atoms with Gasteiger partial charge in [-0.3, -0.25) is 15.0 Å². The van der Waals surface area contributed by atoms with Crippen molar-refractivity contribution in [3.8, 4) is 0 Å². The molecule has 23 heavy (non-hydrogen) atoms. The summed E-state index contributed by atoms with van der Waals surface area (Å²) >= 11 is 0. The van der Waals surface area contributed by atoms with Crippen molar-refractivity contribution in [3.05, 3.63) is 75.8 Å². The fourth-order valence-electron chi connectivity index (χ4n) is 2.43. The summed E-state index contributed by atoms with van der Waals surface area (Å²) < 4.78 is 1.19. The highest BCUT2D eigenvalue weighted by Crippen LogP contribution is 2.08. The van der Waals surface area contributed by atoms with Crippen molar-refractivity contribution in [3.63, 3.8) is 0 Å². The number of hydrogen-bond donors (Lipinski definition) is 1. The molecule has 0 fully saturated rings. The van der Waals surface area contributed by atoms with Crippen LogP contribution in [-0.2, 0) is 6.42 Å². The second kappa shape index (κ2) is 6.04. The molecule has 0 aliphatic rings. The van der Waals surface area contributed by atoms with E-state index in [-0.39, 0.29) is 11.5 Å². The molecule has 0 spiro atoms. The molecule has 0 saturated heterocycles. The Morgan fingerprint density at radius 3 is 2.52 bits per heavy atom. The SMILES string of the molecule is CCc1ccc(C(=O)Nn2c(C)nc3ccccc3c2=O)cc1. The number of carbonyl (C=O) groups excluding carboxylic acids is 1. The standard InChI is InChI=1S/C18H17N3O2/c1-3-13-8-10-14(11-9-13)17(22)20-21-12(2)19-16-7-5-4-6-15(16)18(21)23/h4-11H,3H2,1-2H3,(H,20,22). The molecule has 0 atom stereocenters. The Morgan fingerprint density at radius 1 is 1.13 bits per heavy atom. The molecule has 5 nitrogen and oxygen atoms in total. The first-order chi connectivity index (χ1) is 11.1. The number of carbonyl (C=O) groups is 1. The van der Waals surface area contributed by atoms with Gasteiger partial charge < -0.3 is 0 Å². The predicted molar refractivity (Wildman–Crippen MR) is 90.3 cm³/mol. The third-order valence-electron chi connectivity index (χ3n) is 3.78. The van der Waals surface area contributed by atoms with E-state index in [1.165, 1.54) is 4.68 Å². The van der Waals surface area contributed by atoms with Gasteiger partial charge in [-0.05, 0) is 43.2 Å². The van der Waals surface area contributed by atoms with Crippen LogP contribution in [-0.4, -0.2) is 15.6 Å². The largest absolute Gasteiger partial charge is 0.280 e. The number of rotatable bonds is 3. The van der Waals surface area contributed by atoms with Gasteiger partial charge in [0.25, 0.3) is 11.5 Å². The summed E-state index contributed by atoms with van der Waals surface area (Å²) in [5, 5.41) is 0.472. The third kappa shape index (κ3) is 2.85. The van der Waals surface area contributed by atoms with Crippen molar-refractivity contribution >= 4 is 16.8 Å². The van der Waals surface area contributed by atoms with Crippen LogP contribution in [0.2, 0.25) is 0 Å². The highest BCUT2D eigenvalue weighted by atomic mass is 16.2. The minimum Gasteiger partial charge on any atom is -0.267 e. The molecule has 1 amide bonds. The average Bonchev–Trinajstić information content (AvgIpc) is 2.58. The van der Waals surface area contributed by atoms with Crippen LogP contribution >= 0.6 is 0 Å². The van der Waals surface area contributed by atoms with Gasteiger partial charge in [-0.2, -0.15) is 0 Å². The van der Waals surface area contributed by atoms with Crippen molar-refractivity contribution < 1.29 is 4.79 Å². The number of nitrogens with zero attached hydrogens (tertiary/aromatic N) is 2. The fourth-order valence-corrected chi connectivity index (χ4v) is 2.43. The highest BCUT2D eigenvalue weighted by Gasteiger charge is 2.11. The van der Waals surface area contributed by atoms with Gasteiger partial charge in [0, 0.05) is 5.56 Å². The maximum absolute atomic E-state index is 12.5. The van der Waals surface area contributed by atoms with Crippen molar-refractivity contribution in [1.29, 1.82) is 0 Å². The van der Waals surface area contributed by atoms with E-state index in [0.717, 1.165) is 12.0 Å². The van der Waals surface area contributed by atoms with E-state index in [1.54, 1.807) is 37.3 Å². The monoisotopic (exact) mass is 307 g/mol. The van der Waals surface area contributed by atoms with Crippen LogP contribution in [0.4, 0.5) is 0 Å². The zero-order valence-corrected chi connectivity index (χ0v) is 13.0. The van der Waals surface area contributed by atoms with Crippen LogP contribution in [0.5, 0.6) is 0 Å². The molecule has 0 saturated carbocycles. The number of para-hydroxylation sites is 1. The molecular formula is C18H17N3O2.